The second-order valence-corrected chi connectivity index (χ2v) is 10.4. The fourth-order valence-corrected chi connectivity index (χ4v) is 8.25. The first kappa shape index (κ1) is 19.2. The van der Waals surface area contributed by atoms with E-state index in [2.05, 4.69) is 19.9 Å². The van der Waals surface area contributed by atoms with Crippen molar-refractivity contribution in [1.82, 2.24) is 4.90 Å². The third-order valence-electron chi connectivity index (χ3n) is 8.88. The number of aliphatic hydroxyl groups is 1. The lowest BCUT2D eigenvalue weighted by Gasteiger charge is -2.63. The summed E-state index contributed by atoms with van der Waals surface area (Å²) in [6, 6.07) is 0. The van der Waals surface area contributed by atoms with Gasteiger partial charge >= 0.3 is 0 Å². The van der Waals surface area contributed by atoms with E-state index in [4.69, 9.17) is 0 Å². The van der Waals surface area contributed by atoms with Crippen molar-refractivity contribution in [2.24, 2.45) is 34.5 Å². The molecule has 7 atom stereocenters. The smallest absolute Gasteiger partial charge is 0.226 e. The van der Waals surface area contributed by atoms with Gasteiger partial charge in [-0.3, -0.25) is 9.59 Å². The zero-order valence-electron chi connectivity index (χ0n) is 17.5. The van der Waals surface area contributed by atoms with Gasteiger partial charge in [-0.2, -0.15) is 0 Å². The van der Waals surface area contributed by atoms with Gasteiger partial charge in [-0.05, 0) is 70.1 Å². The number of carbonyl (C=O) groups excluding carboxylic acids is 2. The molecule has 3 unspecified atom stereocenters. The molecule has 1 saturated heterocycles. The van der Waals surface area contributed by atoms with Crippen LogP contribution in [0.3, 0.4) is 0 Å². The summed E-state index contributed by atoms with van der Waals surface area (Å²) in [4.78, 5) is 26.8. The van der Waals surface area contributed by atoms with E-state index in [0.717, 1.165) is 31.4 Å². The van der Waals surface area contributed by atoms with Crippen LogP contribution >= 0.6 is 0 Å². The molecule has 4 nitrogen and oxygen atoms in total. The summed E-state index contributed by atoms with van der Waals surface area (Å²) in [5.74, 6) is 1.61. The Bertz CT molecular complexity index is 710. The summed E-state index contributed by atoms with van der Waals surface area (Å²) in [6.07, 6.45) is 7.35. The molecule has 0 bridgehead atoms. The van der Waals surface area contributed by atoms with Crippen LogP contribution in [-0.4, -0.2) is 33.8 Å². The second kappa shape index (κ2) is 5.92. The molecule has 4 aliphatic rings. The fraction of sp³-hybridized carbons (Fsp3) is 0.826. The van der Waals surface area contributed by atoms with Crippen LogP contribution in [0.4, 0.5) is 0 Å². The van der Waals surface area contributed by atoms with E-state index in [9.17, 15) is 14.7 Å². The number of piperidine rings is 1. The number of nitrogens with zero attached hydrogens (tertiary/aromatic N) is 1. The Labute approximate surface area is 163 Å². The van der Waals surface area contributed by atoms with Crippen LogP contribution in [0.25, 0.3) is 0 Å². The molecule has 27 heavy (non-hydrogen) atoms. The SMILES string of the molecule is CCN1C(=O)CC[C@@]2(C)C1=CCC1C2[C@@](C)(O)C[C@@]2(C)C1CC[C@@H]2C(C)=O. The third-order valence-corrected chi connectivity index (χ3v) is 8.88. The van der Waals surface area contributed by atoms with E-state index >= 15 is 0 Å². The molecule has 3 fully saturated rings. The highest BCUT2D eigenvalue weighted by Gasteiger charge is 2.66. The molecule has 4 heteroatoms. The quantitative estimate of drug-likeness (QED) is 0.798. The minimum Gasteiger partial charge on any atom is -0.390 e. The number of hydrogen-bond donors (Lipinski definition) is 1. The van der Waals surface area contributed by atoms with E-state index in [1.165, 1.54) is 0 Å². The molecular formula is C23H35NO3. The van der Waals surface area contributed by atoms with E-state index in [1.54, 1.807) is 6.92 Å². The summed E-state index contributed by atoms with van der Waals surface area (Å²) in [5, 5.41) is 11.8. The van der Waals surface area contributed by atoms with Gasteiger partial charge in [-0.1, -0.05) is 19.9 Å². The molecule has 1 aliphatic heterocycles. The van der Waals surface area contributed by atoms with Gasteiger partial charge in [0, 0.05) is 35.9 Å². The van der Waals surface area contributed by atoms with Crippen molar-refractivity contribution in [1.29, 1.82) is 0 Å². The molecule has 1 heterocycles. The molecule has 150 valence electrons. The van der Waals surface area contributed by atoms with Crippen LogP contribution in [0.5, 0.6) is 0 Å². The van der Waals surface area contributed by atoms with E-state index in [-0.39, 0.29) is 34.4 Å². The Morgan fingerprint density at radius 1 is 1.30 bits per heavy atom. The summed E-state index contributed by atoms with van der Waals surface area (Å²) < 4.78 is 0. The molecule has 0 spiro atoms. The van der Waals surface area contributed by atoms with Crippen molar-refractivity contribution in [2.75, 3.05) is 6.54 Å². The van der Waals surface area contributed by atoms with Crippen LogP contribution in [-0.2, 0) is 9.59 Å². The average molecular weight is 374 g/mol. The minimum absolute atomic E-state index is 0.0770. The van der Waals surface area contributed by atoms with Crippen LogP contribution < -0.4 is 0 Å². The van der Waals surface area contributed by atoms with Crippen molar-refractivity contribution in [3.63, 3.8) is 0 Å². The Kier molecular flexibility index (Phi) is 4.20. The lowest BCUT2D eigenvalue weighted by Crippen LogP contribution is -2.63. The summed E-state index contributed by atoms with van der Waals surface area (Å²) >= 11 is 0. The average Bonchev–Trinajstić information content (AvgIpc) is 2.90. The molecule has 3 aliphatic carbocycles. The Morgan fingerprint density at radius 2 is 2.00 bits per heavy atom. The summed E-state index contributed by atoms with van der Waals surface area (Å²) in [5.41, 5.74) is 0.0636. The monoisotopic (exact) mass is 373 g/mol. The van der Waals surface area contributed by atoms with E-state index in [0.29, 0.717) is 31.2 Å². The first-order chi connectivity index (χ1) is 12.6. The topological polar surface area (TPSA) is 57.6 Å². The highest BCUT2D eigenvalue weighted by atomic mass is 16.3. The molecule has 2 saturated carbocycles. The lowest BCUT2D eigenvalue weighted by molar-refractivity contribution is -0.185. The van der Waals surface area contributed by atoms with Crippen molar-refractivity contribution >= 4 is 11.7 Å². The molecule has 4 rings (SSSR count). The normalized spacial score (nSPS) is 49.2. The van der Waals surface area contributed by atoms with Crippen molar-refractivity contribution in [3.8, 4) is 0 Å². The predicted molar refractivity (Wildman–Crippen MR) is 105 cm³/mol. The summed E-state index contributed by atoms with van der Waals surface area (Å²) in [7, 11) is 0. The highest BCUT2D eigenvalue weighted by molar-refractivity contribution is 5.80. The number of fused-ring (bicyclic) bond motifs is 5. The maximum Gasteiger partial charge on any atom is 0.226 e. The zero-order valence-corrected chi connectivity index (χ0v) is 17.5. The minimum atomic E-state index is -0.817. The highest BCUT2D eigenvalue weighted by Crippen LogP contribution is 2.68. The van der Waals surface area contributed by atoms with Crippen LogP contribution in [0.1, 0.15) is 73.1 Å². The first-order valence-corrected chi connectivity index (χ1v) is 10.8. The van der Waals surface area contributed by atoms with Gasteiger partial charge in [0.25, 0.3) is 0 Å². The van der Waals surface area contributed by atoms with Crippen molar-refractivity contribution in [3.05, 3.63) is 11.8 Å². The number of rotatable bonds is 2. The van der Waals surface area contributed by atoms with Gasteiger partial charge in [-0.25, -0.2) is 0 Å². The number of allylic oxidation sites excluding steroid dienone is 2. The van der Waals surface area contributed by atoms with E-state index < -0.39 is 5.60 Å². The molecule has 0 aromatic rings. The number of Topliss-reactive ketones (excluding diaryl/α,β-unsaturated/α-hetero) is 1. The number of hydrogen-bond acceptors (Lipinski definition) is 3. The fourth-order valence-electron chi connectivity index (χ4n) is 8.25. The molecule has 0 radical (unpaired) electrons. The van der Waals surface area contributed by atoms with Gasteiger partial charge < -0.3 is 10.0 Å². The molecule has 0 aromatic carbocycles. The molecule has 1 amide bonds. The Balaban J connectivity index is 1.80. The molecule has 1 N–H and O–H groups in total. The number of ketones is 1. The predicted octanol–water partition coefficient (Wildman–Crippen LogP) is 3.93. The van der Waals surface area contributed by atoms with Gasteiger partial charge in [0.1, 0.15) is 5.78 Å². The molecule has 0 aromatic heterocycles. The molecular weight excluding hydrogens is 338 g/mol. The lowest BCUT2D eigenvalue weighted by atomic mass is 9.44. The van der Waals surface area contributed by atoms with Crippen LogP contribution in [0.15, 0.2) is 11.8 Å². The Hall–Kier alpha value is -1.16. The van der Waals surface area contributed by atoms with Crippen LogP contribution in [0.2, 0.25) is 0 Å². The first-order valence-electron chi connectivity index (χ1n) is 10.8. The number of likely N-dealkylation sites (tertiary alicyclic amines) is 1. The van der Waals surface area contributed by atoms with Gasteiger partial charge in [-0.15, -0.1) is 0 Å². The zero-order chi connectivity index (χ0) is 19.8. The van der Waals surface area contributed by atoms with Gasteiger partial charge in [0.15, 0.2) is 0 Å². The standard InChI is InChI=1S/C23H35NO3/c1-6-24-18-10-7-15-17-9-8-16(14(2)25)22(17,4)13-23(5,27)20(15)21(18,3)12-11-19(24)26/h10,15-17,20,27H,6-9,11-13H2,1-5H3/t15?,16-,17?,20?,21+,22-,23+/m1/s1. The largest absolute Gasteiger partial charge is 0.390 e. The van der Waals surface area contributed by atoms with Crippen molar-refractivity contribution in [2.45, 2.75) is 78.7 Å². The Morgan fingerprint density at radius 3 is 2.63 bits per heavy atom. The van der Waals surface area contributed by atoms with Crippen LogP contribution in [0, 0.1) is 34.5 Å². The van der Waals surface area contributed by atoms with Gasteiger partial charge in [0.05, 0.1) is 5.60 Å². The van der Waals surface area contributed by atoms with E-state index in [1.807, 2.05) is 18.7 Å². The summed E-state index contributed by atoms with van der Waals surface area (Å²) in [6.45, 7) is 11.0. The number of carbonyl (C=O) groups is 2. The third kappa shape index (κ3) is 2.44. The maximum atomic E-state index is 12.5. The van der Waals surface area contributed by atoms with Gasteiger partial charge in [0.2, 0.25) is 5.91 Å². The number of amides is 1. The second-order valence-electron chi connectivity index (χ2n) is 10.4. The maximum absolute atomic E-state index is 12.5. The van der Waals surface area contributed by atoms with Crippen molar-refractivity contribution < 1.29 is 14.7 Å².